The molecule has 6 aromatic rings. The van der Waals surface area contributed by atoms with Crippen molar-refractivity contribution in [3.63, 3.8) is 0 Å². The summed E-state index contributed by atoms with van der Waals surface area (Å²) in [5.74, 6) is -0.724. The molecule has 4 heterocycles. The number of rotatable bonds is 11. The van der Waals surface area contributed by atoms with Gasteiger partial charge in [-0.15, -0.1) is 11.3 Å². The van der Waals surface area contributed by atoms with E-state index in [4.69, 9.17) is 18.9 Å². The number of halogens is 2. The lowest BCUT2D eigenvalue weighted by Gasteiger charge is -2.26. The molecule has 1 aliphatic heterocycles. The monoisotopic (exact) mass is 699 g/mol. The Labute approximate surface area is 288 Å². The number of amides is 1. The number of aromatic nitrogens is 3. The first-order valence-electron chi connectivity index (χ1n) is 15.8. The first kappa shape index (κ1) is 33.1. The fraction of sp³-hybridized carbons (Fsp3) is 0.222. The summed E-state index contributed by atoms with van der Waals surface area (Å²) in [5, 5.41) is 3.17. The van der Waals surface area contributed by atoms with E-state index in [1.54, 1.807) is 37.0 Å². The summed E-state index contributed by atoms with van der Waals surface area (Å²) in [5.41, 5.74) is 2.14. The van der Waals surface area contributed by atoms with Crippen LogP contribution in [0.25, 0.3) is 26.9 Å². The molecule has 3 aromatic heterocycles. The lowest BCUT2D eigenvalue weighted by Crippen LogP contribution is -2.37. The number of hydrogen-bond acceptors (Lipinski definition) is 10. The molecule has 3 aromatic carbocycles. The summed E-state index contributed by atoms with van der Waals surface area (Å²) in [4.78, 5) is 38.3. The van der Waals surface area contributed by atoms with Gasteiger partial charge in [-0.05, 0) is 61.0 Å². The minimum absolute atomic E-state index is 0.0968. The van der Waals surface area contributed by atoms with Crippen molar-refractivity contribution in [1.82, 2.24) is 19.4 Å². The van der Waals surface area contributed by atoms with Crippen molar-refractivity contribution in [3.8, 4) is 28.7 Å². The van der Waals surface area contributed by atoms with Gasteiger partial charge in [0.2, 0.25) is 0 Å². The highest BCUT2D eigenvalue weighted by atomic mass is 32.1. The van der Waals surface area contributed by atoms with Crippen molar-refractivity contribution < 1.29 is 32.5 Å². The van der Waals surface area contributed by atoms with Crippen LogP contribution in [0.2, 0.25) is 0 Å². The van der Waals surface area contributed by atoms with Gasteiger partial charge in [0.05, 0.1) is 49.2 Å². The van der Waals surface area contributed by atoms with Crippen LogP contribution in [-0.4, -0.2) is 71.9 Å². The molecule has 256 valence electrons. The smallest absolute Gasteiger partial charge is 0.269 e. The van der Waals surface area contributed by atoms with Crippen molar-refractivity contribution in [2.75, 3.05) is 51.9 Å². The second kappa shape index (κ2) is 14.6. The molecule has 1 fully saturated rings. The van der Waals surface area contributed by atoms with Crippen LogP contribution in [0.5, 0.6) is 23.0 Å². The van der Waals surface area contributed by atoms with E-state index in [2.05, 4.69) is 20.2 Å². The van der Waals surface area contributed by atoms with Crippen LogP contribution in [0.4, 0.5) is 14.5 Å². The fourth-order valence-corrected chi connectivity index (χ4v) is 6.47. The number of anilines is 1. The molecule has 0 aliphatic carbocycles. The predicted octanol–water partition coefficient (Wildman–Crippen LogP) is 6.43. The molecule has 1 saturated heterocycles. The molecule has 0 unspecified atom stereocenters. The third kappa shape index (κ3) is 6.99. The molecule has 0 atom stereocenters. The number of pyridine rings is 2. The Kier molecular flexibility index (Phi) is 9.65. The van der Waals surface area contributed by atoms with Crippen LogP contribution in [0.15, 0.2) is 83.2 Å². The molecule has 50 heavy (non-hydrogen) atoms. The second-order valence-electron chi connectivity index (χ2n) is 11.4. The molecular weight excluding hydrogens is 668 g/mol. The van der Waals surface area contributed by atoms with Crippen LogP contribution in [0, 0.1) is 11.6 Å². The van der Waals surface area contributed by atoms with Gasteiger partial charge in [0.25, 0.3) is 11.5 Å². The molecule has 7 rings (SSSR count). The Balaban J connectivity index is 1.07. The molecule has 1 aliphatic rings. The van der Waals surface area contributed by atoms with Crippen LogP contribution < -0.4 is 25.1 Å². The van der Waals surface area contributed by atoms with Gasteiger partial charge < -0.3 is 24.3 Å². The van der Waals surface area contributed by atoms with E-state index in [0.717, 1.165) is 45.3 Å². The Morgan fingerprint density at radius 3 is 2.54 bits per heavy atom. The lowest BCUT2D eigenvalue weighted by molar-refractivity contribution is 0.0357. The summed E-state index contributed by atoms with van der Waals surface area (Å²) in [7, 11) is 1.54. The van der Waals surface area contributed by atoms with Gasteiger partial charge in [-0.1, -0.05) is 0 Å². The van der Waals surface area contributed by atoms with Gasteiger partial charge in [-0.25, -0.2) is 13.8 Å². The number of carbonyl (C=O) groups excluding carboxylic acids is 1. The van der Waals surface area contributed by atoms with E-state index in [1.165, 1.54) is 58.4 Å². The van der Waals surface area contributed by atoms with E-state index in [9.17, 15) is 14.0 Å². The SMILES string of the molecule is COc1cc2c(Oc3ccc(NC(=O)c4cc5ncsc5n(-c5ccc(F)cc5)c4=O)cc3F)ccnc2cc1OCCCN1CCOCC1. The van der Waals surface area contributed by atoms with Crippen molar-refractivity contribution in [1.29, 1.82) is 0 Å². The minimum Gasteiger partial charge on any atom is -0.493 e. The van der Waals surface area contributed by atoms with Gasteiger partial charge in [0.1, 0.15) is 22.0 Å². The Hall–Kier alpha value is -5.44. The van der Waals surface area contributed by atoms with Crippen molar-refractivity contribution in [3.05, 3.63) is 106 Å². The van der Waals surface area contributed by atoms with E-state index >= 15 is 4.39 Å². The Morgan fingerprint density at radius 1 is 0.940 bits per heavy atom. The van der Waals surface area contributed by atoms with Gasteiger partial charge >= 0.3 is 0 Å². The number of fused-ring (bicyclic) bond motifs is 2. The number of methoxy groups -OCH3 is 1. The van der Waals surface area contributed by atoms with Gasteiger partial charge in [-0.3, -0.25) is 24.0 Å². The summed E-state index contributed by atoms with van der Waals surface area (Å²) < 4.78 is 53.3. The van der Waals surface area contributed by atoms with Crippen LogP contribution in [0.1, 0.15) is 16.8 Å². The molecule has 1 amide bonds. The summed E-state index contributed by atoms with van der Waals surface area (Å²) in [6.45, 7) is 4.72. The molecule has 11 nitrogen and oxygen atoms in total. The Morgan fingerprint density at radius 2 is 1.76 bits per heavy atom. The number of morpholine rings is 1. The molecule has 1 N–H and O–H groups in total. The zero-order valence-corrected chi connectivity index (χ0v) is 27.7. The number of benzene rings is 3. The van der Waals surface area contributed by atoms with E-state index < -0.39 is 23.1 Å². The maximum absolute atomic E-state index is 15.4. The largest absolute Gasteiger partial charge is 0.493 e. The summed E-state index contributed by atoms with van der Waals surface area (Å²) >= 11 is 1.21. The zero-order chi connectivity index (χ0) is 34.6. The minimum atomic E-state index is -0.764. The van der Waals surface area contributed by atoms with Gasteiger partial charge in [0.15, 0.2) is 23.1 Å². The third-order valence-electron chi connectivity index (χ3n) is 8.20. The first-order chi connectivity index (χ1) is 24.4. The average molecular weight is 700 g/mol. The molecule has 0 radical (unpaired) electrons. The highest BCUT2D eigenvalue weighted by Crippen LogP contribution is 2.38. The number of ether oxygens (including phenoxy) is 4. The van der Waals surface area contributed by atoms with E-state index in [1.807, 2.05) is 0 Å². The van der Waals surface area contributed by atoms with Gasteiger partial charge in [0, 0.05) is 49.0 Å². The van der Waals surface area contributed by atoms with Gasteiger partial charge in [-0.2, -0.15) is 0 Å². The molecular formula is C36H31F2N5O6S. The van der Waals surface area contributed by atoms with Crippen LogP contribution in [0.3, 0.4) is 0 Å². The fourth-order valence-electron chi connectivity index (χ4n) is 5.68. The number of thiazole rings is 1. The van der Waals surface area contributed by atoms with E-state index in [0.29, 0.717) is 50.8 Å². The number of nitrogens with one attached hydrogen (secondary N) is 1. The lowest BCUT2D eigenvalue weighted by atomic mass is 10.1. The second-order valence-corrected chi connectivity index (χ2v) is 12.2. The van der Waals surface area contributed by atoms with Crippen molar-refractivity contribution >= 4 is 44.2 Å². The number of carbonyl (C=O) groups is 1. The number of nitrogens with zero attached hydrogens (tertiary/aromatic N) is 4. The Bertz CT molecular complexity index is 2240. The number of hydrogen-bond donors (Lipinski definition) is 1. The average Bonchev–Trinajstić information content (AvgIpc) is 3.60. The highest BCUT2D eigenvalue weighted by Gasteiger charge is 2.20. The standard InChI is InChI=1S/C36H31F2N5O6S/c1-46-32-19-25-28(20-33(32)48-14-2-11-42-12-15-47-16-13-42)39-10-9-30(25)49-31-8-5-23(17-27(31)38)41-34(44)26-18-29-36(50-21-40-29)43(35(26)45)24-6-3-22(37)4-7-24/h3-10,17-21H,2,11-16H2,1H3,(H,41,44). The van der Waals surface area contributed by atoms with Crippen molar-refractivity contribution in [2.45, 2.75) is 6.42 Å². The maximum Gasteiger partial charge on any atom is 0.269 e. The predicted molar refractivity (Wildman–Crippen MR) is 185 cm³/mol. The first-order valence-corrected chi connectivity index (χ1v) is 16.7. The molecule has 0 saturated carbocycles. The normalized spacial score (nSPS) is 13.4. The maximum atomic E-state index is 15.4. The topological polar surface area (TPSA) is 117 Å². The highest BCUT2D eigenvalue weighted by molar-refractivity contribution is 7.16. The molecule has 0 bridgehead atoms. The molecule has 0 spiro atoms. The summed E-state index contributed by atoms with van der Waals surface area (Å²) in [6.07, 6.45) is 2.39. The molecule has 14 heteroatoms. The van der Waals surface area contributed by atoms with Crippen LogP contribution in [-0.2, 0) is 4.74 Å². The quantitative estimate of drug-likeness (QED) is 0.153. The third-order valence-corrected chi connectivity index (χ3v) is 9.02. The zero-order valence-electron chi connectivity index (χ0n) is 26.9. The van der Waals surface area contributed by atoms with Crippen LogP contribution >= 0.6 is 11.3 Å². The summed E-state index contributed by atoms with van der Waals surface area (Å²) in [6, 6.07) is 15.7. The van der Waals surface area contributed by atoms with Crippen molar-refractivity contribution in [2.24, 2.45) is 0 Å². The van der Waals surface area contributed by atoms with E-state index in [-0.39, 0.29) is 17.0 Å².